The van der Waals surface area contributed by atoms with E-state index in [0.29, 0.717) is 5.25 Å². The van der Waals surface area contributed by atoms with Gasteiger partial charge in [0.15, 0.2) is 5.17 Å². The Morgan fingerprint density at radius 2 is 2.24 bits per heavy atom. The maximum atomic E-state index is 4.51. The van der Waals surface area contributed by atoms with Gasteiger partial charge < -0.3 is 5.32 Å². The number of nitrogens with zero attached hydrogens (tertiary/aromatic N) is 3. The zero-order valence-corrected chi connectivity index (χ0v) is 11.8. The minimum atomic E-state index is 0.661. The quantitative estimate of drug-likeness (QED) is 0.895. The van der Waals surface area contributed by atoms with Gasteiger partial charge in [-0.25, -0.2) is 0 Å². The Labute approximate surface area is 107 Å². The molecule has 0 aliphatic carbocycles. The van der Waals surface area contributed by atoms with Crippen LogP contribution in [0.4, 0.5) is 0 Å². The van der Waals surface area contributed by atoms with E-state index in [4.69, 9.17) is 0 Å². The third-order valence-corrected chi connectivity index (χ3v) is 4.56. The van der Waals surface area contributed by atoms with Gasteiger partial charge in [-0.3, -0.25) is 9.67 Å². The maximum Gasteiger partial charge on any atom is 0.157 e. The number of hydrogen-bond donors (Lipinski definition) is 1. The Hall–Kier alpha value is -0.970. The van der Waals surface area contributed by atoms with Crippen LogP contribution in [0, 0.1) is 13.8 Å². The molecule has 0 spiro atoms. The lowest BCUT2D eigenvalue weighted by molar-refractivity contribution is 0.729. The van der Waals surface area contributed by atoms with Crippen LogP contribution in [0.2, 0.25) is 0 Å². The first-order valence-corrected chi connectivity index (χ1v) is 6.93. The molecule has 4 nitrogen and oxygen atoms in total. The SMILES string of the molecule is CCC1CN=C(NCc2c(C)nn(C)c2C)S1. The number of aromatic nitrogens is 2. The van der Waals surface area contributed by atoms with Crippen molar-refractivity contribution in [2.75, 3.05) is 6.54 Å². The molecule has 1 aliphatic heterocycles. The van der Waals surface area contributed by atoms with Crippen molar-refractivity contribution in [2.45, 2.75) is 39.0 Å². The third kappa shape index (κ3) is 2.65. The summed E-state index contributed by atoms with van der Waals surface area (Å²) in [5.74, 6) is 0. The van der Waals surface area contributed by atoms with E-state index in [1.807, 2.05) is 23.5 Å². The first-order valence-electron chi connectivity index (χ1n) is 6.05. The van der Waals surface area contributed by atoms with E-state index in [1.54, 1.807) is 0 Å². The Balaban J connectivity index is 1.95. The van der Waals surface area contributed by atoms with Crippen LogP contribution in [0.25, 0.3) is 0 Å². The number of amidine groups is 1. The smallest absolute Gasteiger partial charge is 0.157 e. The van der Waals surface area contributed by atoms with Gasteiger partial charge in [-0.15, -0.1) is 0 Å². The Morgan fingerprint density at radius 1 is 1.47 bits per heavy atom. The van der Waals surface area contributed by atoms with Crippen molar-refractivity contribution in [3.63, 3.8) is 0 Å². The summed E-state index contributed by atoms with van der Waals surface area (Å²) in [6, 6.07) is 0. The van der Waals surface area contributed by atoms with E-state index in [-0.39, 0.29) is 0 Å². The predicted octanol–water partition coefficient (Wildman–Crippen LogP) is 2.01. The Bertz CT molecular complexity index is 436. The summed E-state index contributed by atoms with van der Waals surface area (Å²) in [5, 5.41) is 9.58. The van der Waals surface area contributed by atoms with Crippen molar-refractivity contribution >= 4 is 16.9 Å². The van der Waals surface area contributed by atoms with Gasteiger partial charge in [-0.05, 0) is 20.3 Å². The van der Waals surface area contributed by atoms with E-state index in [1.165, 1.54) is 17.7 Å². The summed E-state index contributed by atoms with van der Waals surface area (Å²) >= 11 is 1.86. The lowest BCUT2D eigenvalue weighted by atomic mass is 10.2. The molecule has 94 valence electrons. The molecule has 1 aliphatic rings. The van der Waals surface area contributed by atoms with Crippen LogP contribution in [0.5, 0.6) is 0 Å². The minimum Gasteiger partial charge on any atom is -0.361 e. The fraction of sp³-hybridized carbons (Fsp3) is 0.667. The number of aryl methyl sites for hydroxylation is 2. The van der Waals surface area contributed by atoms with E-state index >= 15 is 0 Å². The fourth-order valence-electron chi connectivity index (χ4n) is 1.96. The van der Waals surface area contributed by atoms with Gasteiger partial charge in [0.25, 0.3) is 0 Å². The molecule has 0 amide bonds. The molecule has 0 saturated carbocycles. The van der Waals surface area contributed by atoms with Crippen LogP contribution in [0.15, 0.2) is 4.99 Å². The molecule has 0 bridgehead atoms. The van der Waals surface area contributed by atoms with Gasteiger partial charge in [0.05, 0.1) is 12.2 Å². The zero-order chi connectivity index (χ0) is 12.4. The van der Waals surface area contributed by atoms with Crippen molar-refractivity contribution in [3.8, 4) is 0 Å². The lowest BCUT2D eigenvalue weighted by Crippen LogP contribution is -2.19. The monoisotopic (exact) mass is 252 g/mol. The van der Waals surface area contributed by atoms with E-state index < -0.39 is 0 Å². The van der Waals surface area contributed by atoms with Crippen LogP contribution >= 0.6 is 11.8 Å². The largest absolute Gasteiger partial charge is 0.361 e. The second-order valence-corrected chi connectivity index (χ2v) is 5.71. The number of hydrogen-bond acceptors (Lipinski definition) is 4. The van der Waals surface area contributed by atoms with Crippen LogP contribution in [-0.2, 0) is 13.6 Å². The third-order valence-electron chi connectivity index (χ3n) is 3.25. The molecule has 1 aromatic heterocycles. The summed E-state index contributed by atoms with van der Waals surface area (Å²) in [7, 11) is 1.99. The molecular formula is C12H20N4S. The molecule has 0 aromatic carbocycles. The van der Waals surface area contributed by atoms with Crippen LogP contribution < -0.4 is 5.32 Å². The molecule has 2 heterocycles. The Kier molecular flexibility index (Phi) is 3.76. The van der Waals surface area contributed by atoms with E-state index in [2.05, 4.69) is 36.2 Å². The van der Waals surface area contributed by atoms with Gasteiger partial charge in [-0.2, -0.15) is 5.10 Å². The van der Waals surface area contributed by atoms with Crippen molar-refractivity contribution in [2.24, 2.45) is 12.0 Å². The second-order valence-electron chi connectivity index (χ2n) is 4.42. The van der Waals surface area contributed by atoms with Gasteiger partial charge in [0.1, 0.15) is 0 Å². The van der Waals surface area contributed by atoms with E-state index in [0.717, 1.165) is 24.0 Å². The fourth-order valence-corrected chi connectivity index (χ4v) is 2.90. The first kappa shape index (κ1) is 12.5. The number of aliphatic imine (C=N–C) groups is 1. The average Bonchev–Trinajstić information content (AvgIpc) is 2.84. The predicted molar refractivity (Wildman–Crippen MR) is 73.5 cm³/mol. The minimum absolute atomic E-state index is 0.661. The van der Waals surface area contributed by atoms with Crippen molar-refractivity contribution < 1.29 is 0 Å². The highest BCUT2D eigenvalue weighted by Crippen LogP contribution is 2.22. The number of thioether (sulfide) groups is 1. The zero-order valence-electron chi connectivity index (χ0n) is 10.9. The number of rotatable bonds is 3. The van der Waals surface area contributed by atoms with Crippen molar-refractivity contribution in [1.29, 1.82) is 0 Å². The van der Waals surface area contributed by atoms with Crippen molar-refractivity contribution in [1.82, 2.24) is 15.1 Å². The second kappa shape index (κ2) is 5.12. The van der Waals surface area contributed by atoms with Gasteiger partial charge >= 0.3 is 0 Å². The summed E-state index contributed by atoms with van der Waals surface area (Å²) in [5.41, 5.74) is 3.62. The molecule has 5 heteroatoms. The molecule has 1 unspecified atom stereocenters. The first-order chi connectivity index (χ1) is 8.11. The molecule has 0 saturated heterocycles. The molecule has 0 fully saturated rings. The number of nitrogens with one attached hydrogen (secondary N) is 1. The van der Waals surface area contributed by atoms with Gasteiger partial charge in [0, 0.05) is 30.1 Å². The molecule has 1 aromatic rings. The highest BCUT2D eigenvalue weighted by molar-refractivity contribution is 8.14. The van der Waals surface area contributed by atoms with Crippen molar-refractivity contribution in [3.05, 3.63) is 17.0 Å². The van der Waals surface area contributed by atoms with Crippen LogP contribution in [0.1, 0.15) is 30.3 Å². The van der Waals surface area contributed by atoms with Crippen LogP contribution in [0.3, 0.4) is 0 Å². The molecule has 17 heavy (non-hydrogen) atoms. The summed E-state index contributed by atoms with van der Waals surface area (Å²) in [4.78, 5) is 4.51. The van der Waals surface area contributed by atoms with Crippen LogP contribution in [-0.4, -0.2) is 26.7 Å². The molecule has 0 radical (unpaired) electrons. The summed E-state index contributed by atoms with van der Waals surface area (Å²) in [6.45, 7) is 8.16. The van der Waals surface area contributed by atoms with Gasteiger partial charge in [0.2, 0.25) is 0 Å². The summed E-state index contributed by atoms with van der Waals surface area (Å²) in [6.07, 6.45) is 1.18. The lowest BCUT2D eigenvalue weighted by Gasteiger charge is -2.07. The van der Waals surface area contributed by atoms with Gasteiger partial charge in [-0.1, -0.05) is 18.7 Å². The highest BCUT2D eigenvalue weighted by Gasteiger charge is 2.18. The Morgan fingerprint density at radius 3 is 2.76 bits per heavy atom. The average molecular weight is 252 g/mol. The normalized spacial score (nSPS) is 19.5. The molecule has 1 N–H and O–H groups in total. The molecule has 1 atom stereocenters. The highest BCUT2D eigenvalue weighted by atomic mass is 32.2. The molecular weight excluding hydrogens is 232 g/mol. The molecule has 2 rings (SSSR count). The maximum absolute atomic E-state index is 4.51. The standard InChI is InChI=1S/C12H20N4S/c1-5-10-6-13-12(17-10)14-7-11-8(2)15-16(4)9(11)3/h10H,5-7H2,1-4H3,(H,13,14). The topological polar surface area (TPSA) is 42.2 Å². The van der Waals surface area contributed by atoms with E-state index in [9.17, 15) is 0 Å². The summed E-state index contributed by atoms with van der Waals surface area (Å²) < 4.78 is 1.94.